The van der Waals surface area contributed by atoms with Crippen LogP contribution in [0.2, 0.25) is 0 Å². The molecule has 2 aromatic rings. The van der Waals surface area contributed by atoms with E-state index < -0.39 is 11.9 Å². The molecule has 1 aliphatic heterocycles. The van der Waals surface area contributed by atoms with E-state index in [4.69, 9.17) is 5.73 Å². The van der Waals surface area contributed by atoms with Crippen LogP contribution in [0.25, 0.3) is 10.4 Å². The number of aromatic nitrogens is 1. The zero-order chi connectivity index (χ0) is 16.7. The van der Waals surface area contributed by atoms with E-state index in [1.54, 1.807) is 0 Å². The number of rotatable bonds is 3. The Balaban J connectivity index is 2.01. The van der Waals surface area contributed by atoms with Crippen LogP contribution in [0.3, 0.4) is 0 Å². The summed E-state index contributed by atoms with van der Waals surface area (Å²) in [6, 6.07) is 5.64. The molecule has 0 saturated carbocycles. The molecular weight excluding hydrogens is 310 g/mol. The summed E-state index contributed by atoms with van der Waals surface area (Å²) < 4.78 is 0. The first-order valence-corrected chi connectivity index (χ1v) is 8.35. The van der Waals surface area contributed by atoms with Crippen LogP contribution in [0.5, 0.6) is 0 Å². The maximum Gasteiger partial charge on any atom is 0.274 e. The molecule has 1 saturated heterocycles. The van der Waals surface area contributed by atoms with Crippen molar-refractivity contribution in [2.75, 3.05) is 6.54 Å². The summed E-state index contributed by atoms with van der Waals surface area (Å²) in [5.74, 6) is -0.663. The Labute approximate surface area is 139 Å². The summed E-state index contributed by atoms with van der Waals surface area (Å²) in [6.45, 7) is 6.51. The topological polar surface area (TPSA) is 76.3 Å². The van der Waals surface area contributed by atoms with Crippen molar-refractivity contribution in [3.05, 3.63) is 40.0 Å². The van der Waals surface area contributed by atoms with E-state index in [9.17, 15) is 9.59 Å². The van der Waals surface area contributed by atoms with Crippen LogP contribution in [0.4, 0.5) is 0 Å². The minimum Gasteiger partial charge on any atom is -0.368 e. The molecule has 3 rings (SSSR count). The van der Waals surface area contributed by atoms with Crippen molar-refractivity contribution in [1.29, 1.82) is 0 Å². The third kappa shape index (κ3) is 2.74. The molecular formula is C17H19N3O2S. The van der Waals surface area contributed by atoms with E-state index in [0.717, 1.165) is 21.0 Å². The van der Waals surface area contributed by atoms with Gasteiger partial charge in [-0.25, -0.2) is 4.98 Å². The molecule has 1 aromatic heterocycles. The fourth-order valence-corrected chi connectivity index (χ4v) is 3.89. The van der Waals surface area contributed by atoms with E-state index in [-0.39, 0.29) is 5.91 Å². The molecule has 0 spiro atoms. The average molecular weight is 329 g/mol. The van der Waals surface area contributed by atoms with Crippen LogP contribution < -0.4 is 5.73 Å². The van der Waals surface area contributed by atoms with Gasteiger partial charge in [-0.3, -0.25) is 9.59 Å². The number of carbonyl (C=O) groups is 2. The minimum atomic E-state index is -0.503. The number of benzene rings is 1. The predicted octanol–water partition coefficient (Wildman–Crippen LogP) is 2.44. The second kappa shape index (κ2) is 5.77. The number of aryl methyl sites for hydroxylation is 3. The van der Waals surface area contributed by atoms with Gasteiger partial charge in [-0.1, -0.05) is 23.8 Å². The maximum atomic E-state index is 12.8. The lowest BCUT2D eigenvalue weighted by Crippen LogP contribution is -2.57. The molecule has 0 aliphatic carbocycles. The Kier molecular flexibility index (Phi) is 3.93. The van der Waals surface area contributed by atoms with Crippen molar-refractivity contribution in [3.63, 3.8) is 0 Å². The van der Waals surface area contributed by atoms with Crippen molar-refractivity contribution in [3.8, 4) is 10.4 Å². The summed E-state index contributed by atoms with van der Waals surface area (Å²) in [5, 5.41) is 0.833. The molecule has 6 heteroatoms. The molecule has 1 fully saturated rings. The number of hydrogen-bond donors (Lipinski definition) is 1. The van der Waals surface area contributed by atoms with E-state index >= 15 is 0 Å². The molecule has 1 aliphatic rings. The number of amides is 2. The lowest BCUT2D eigenvalue weighted by atomic mass is 10.00. The first-order chi connectivity index (χ1) is 10.9. The molecule has 2 N–H and O–H groups in total. The van der Waals surface area contributed by atoms with Crippen LogP contribution in [0.15, 0.2) is 18.2 Å². The molecule has 2 heterocycles. The largest absolute Gasteiger partial charge is 0.368 e. The zero-order valence-electron chi connectivity index (χ0n) is 13.4. The number of thiazole rings is 1. The summed E-state index contributed by atoms with van der Waals surface area (Å²) in [6.07, 6.45) is 0.628. The Morgan fingerprint density at radius 3 is 2.61 bits per heavy atom. The highest BCUT2D eigenvalue weighted by molar-refractivity contribution is 7.15. The standard InChI is InChI=1S/C17H19N3O2S/c1-9-4-5-12(10(2)8-9)15-14(19-11(3)23-15)17(22)20-7-6-13(20)16(18)21/h4-5,8,13H,6-7H2,1-3H3,(H2,18,21). The Morgan fingerprint density at radius 2 is 2.04 bits per heavy atom. The Bertz CT molecular complexity index is 797. The fourth-order valence-electron chi connectivity index (χ4n) is 2.89. The van der Waals surface area contributed by atoms with Gasteiger partial charge in [-0.2, -0.15) is 0 Å². The van der Waals surface area contributed by atoms with Gasteiger partial charge in [0.15, 0.2) is 0 Å². The van der Waals surface area contributed by atoms with E-state index in [2.05, 4.69) is 11.1 Å². The van der Waals surface area contributed by atoms with Gasteiger partial charge in [0.25, 0.3) is 5.91 Å². The van der Waals surface area contributed by atoms with Crippen molar-refractivity contribution in [2.45, 2.75) is 33.2 Å². The van der Waals surface area contributed by atoms with Crippen molar-refractivity contribution in [1.82, 2.24) is 9.88 Å². The summed E-state index contributed by atoms with van der Waals surface area (Å²) in [4.78, 5) is 31.0. The highest BCUT2D eigenvalue weighted by Crippen LogP contribution is 2.34. The van der Waals surface area contributed by atoms with Crippen LogP contribution in [0, 0.1) is 20.8 Å². The number of nitrogens with two attached hydrogens (primary N) is 1. The van der Waals surface area contributed by atoms with Crippen LogP contribution in [0.1, 0.15) is 33.0 Å². The second-order valence-corrected chi connectivity index (χ2v) is 7.14. The Hall–Kier alpha value is -2.21. The lowest BCUT2D eigenvalue weighted by Gasteiger charge is -2.38. The quantitative estimate of drug-likeness (QED) is 0.939. The zero-order valence-corrected chi connectivity index (χ0v) is 14.2. The third-order valence-electron chi connectivity index (χ3n) is 4.17. The fraction of sp³-hybridized carbons (Fsp3) is 0.353. The van der Waals surface area contributed by atoms with Gasteiger partial charge >= 0.3 is 0 Å². The van der Waals surface area contributed by atoms with Gasteiger partial charge in [0.1, 0.15) is 11.7 Å². The predicted molar refractivity (Wildman–Crippen MR) is 90.4 cm³/mol. The molecule has 1 atom stereocenters. The molecule has 120 valence electrons. The summed E-state index contributed by atoms with van der Waals surface area (Å²) in [5.41, 5.74) is 9.07. The molecule has 0 radical (unpaired) electrons. The molecule has 1 unspecified atom stereocenters. The summed E-state index contributed by atoms with van der Waals surface area (Å²) >= 11 is 1.50. The first-order valence-electron chi connectivity index (χ1n) is 7.54. The van der Waals surface area contributed by atoms with Gasteiger partial charge in [0.05, 0.1) is 9.88 Å². The van der Waals surface area contributed by atoms with Crippen molar-refractivity contribution >= 4 is 23.2 Å². The normalized spacial score (nSPS) is 17.0. The third-order valence-corrected chi connectivity index (χ3v) is 5.18. The van der Waals surface area contributed by atoms with Gasteiger partial charge in [-0.15, -0.1) is 11.3 Å². The molecule has 0 bridgehead atoms. The number of primary amides is 1. The van der Waals surface area contributed by atoms with E-state index in [0.29, 0.717) is 18.7 Å². The smallest absolute Gasteiger partial charge is 0.274 e. The number of likely N-dealkylation sites (tertiary alicyclic amines) is 1. The summed E-state index contributed by atoms with van der Waals surface area (Å²) in [7, 11) is 0. The molecule has 2 amide bonds. The molecule has 1 aromatic carbocycles. The van der Waals surface area contributed by atoms with Crippen molar-refractivity contribution < 1.29 is 9.59 Å². The van der Waals surface area contributed by atoms with Crippen LogP contribution in [-0.2, 0) is 4.79 Å². The minimum absolute atomic E-state index is 0.209. The van der Waals surface area contributed by atoms with Gasteiger partial charge < -0.3 is 10.6 Å². The number of carbonyl (C=O) groups excluding carboxylic acids is 2. The SMILES string of the molecule is Cc1ccc(-c2sc(C)nc2C(=O)N2CCC2C(N)=O)c(C)c1. The van der Waals surface area contributed by atoms with Gasteiger partial charge in [0, 0.05) is 6.54 Å². The first kappa shape index (κ1) is 15.7. The van der Waals surface area contributed by atoms with Gasteiger partial charge in [-0.05, 0) is 38.3 Å². The number of hydrogen-bond acceptors (Lipinski definition) is 4. The lowest BCUT2D eigenvalue weighted by molar-refractivity contribution is -0.125. The second-order valence-electron chi connectivity index (χ2n) is 5.93. The van der Waals surface area contributed by atoms with E-state index in [1.165, 1.54) is 21.8 Å². The number of nitrogens with zero attached hydrogens (tertiary/aromatic N) is 2. The van der Waals surface area contributed by atoms with Crippen LogP contribution in [-0.4, -0.2) is 34.3 Å². The average Bonchev–Trinajstić information content (AvgIpc) is 2.78. The maximum absolute atomic E-state index is 12.8. The Morgan fingerprint density at radius 1 is 1.30 bits per heavy atom. The van der Waals surface area contributed by atoms with E-state index in [1.807, 2.05) is 32.9 Å². The van der Waals surface area contributed by atoms with Gasteiger partial charge in [0.2, 0.25) is 5.91 Å². The van der Waals surface area contributed by atoms with Crippen LogP contribution >= 0.6 is 11.3 Å². The highest BCUT2D eigenvalue weighted by atomic mass is 32.1. The highest BCUT2D eigenvalue weighted by Gasteiger charge is 2.38. The monoisotopic (exact) mass is 329 g/mol. The molecule has 5 nitrogen and oxygen atoms in total. The molecule has 23 heavy (non-hydrogen) atoms. The van der Waals surface area contributed by atoms with Crippen molar-refractivity contribution in [2.24, 2.45) is 5.73 Å².